The zero-order chi connectivity index (χ0) is 14.8. The van der Waals surface area contributed by atoms with Crippen LogP contribution in [0.25, 0.3) is 10.9 Å². The standard InChI is InChI=1S/C16H20FN3O/c17-13-10-14(18)12-6-1-7-19-15(12)16(13)20-8-2-4-11(20)5-3-9-21/h1,6-7,10-11,21H,2-5,8-9,18H2. The summed E-state index contributed by atoms with van der Waals surface area (Å²) in [6, 6.07) is 5.34. The van der Waals surface area contributed by atoms with E-state index < -0.39 is 0 Å². The van der Waals surface area contributed by atoms with Crippen molar-refractivity contribution in [3.05, 3.63) is 30.2 Å². The van der Waals surface area contributed by atoms with Crippen molar-refractivity contribution in [1.82, 2.24) is 4.98 Å². The van der Waals surface area contributed by atoms with Crippen LogP contribution >= 0.6 is 0 Å². The maximum Gasteiger partial charge on any atom is 0.150 e. The van der Waals surface area contributed by atoms with Crippen LogP contribution in [0.2, 0.25) is 0 Å². The molecular weight excluding hydrogens is 269 g/mol. The lowest BCUT2D eigenvalue weighted by atomic mass is 10.1. The maximum absolute atomic E-state index is 14.5. The lowest BCUT2D eigenvalue weighted by Crippen LogP contribution is -2.30. The quantitative estimate of drug-likeness (QED) is 0.850. The molecule has 4 nitrogen and oxygen atoms in total. The zero-order valence-electron chi connectivity index (χ0n) is 11.9. The first kappa shape index (κ1) is 14.1. The van der Waals surface area contributed by atoms with Gasteiger partial charge in [0.2, 0.25) is 0 Å². The Morgan fingerprint density at radius 2 is 2.33 bits per heavy atom. The number of hydrogen-bond donors (Lipinski definition) is 2. The summed E-state index contributed by atoms with van der Waals surface area (Å²) in [5.74, 6) is -0.311. The molecule has 1 aromatic heterocycles. The molecule has 0 radical (unpaired) electrons. The van der Waals surface area contributed by atoms with Crippen molar-refractivity contribution >= 4 is 22.3 Å². The summed E-state index contributed by atoms with van der Waals surface area (Å²) in [6.07, 6.45) is 5.34. The summed E-state index contributed by atoms with van der Waals surface area (Å²) in [6.45, 7) is 0.996. The molecule has 21 heavy (non-hydrogen) atoms. The van der Waals surface area contributed by atoms with E-state index >= 15 is 0 Å². The SMILES string of the molecule is Nc1cc(F)c(N2CCCC2CCCO)c2ncccc12. The van der Waals surface area contributed by atoms with Gasteiger partial charge in [-0.25, -0.2) is 4.39 Å². The Kier molecular flexibility index (Phi) is 3.92. The summed E-state index contributed by atoms with van der Waals surface area (Å²) in [5, 5.41) is 9.82. The predicted molar refractivity (Wildman–Crippen MR) is 82.8 cm³/mol. The molecule has 1 aromatic carbocycles. The van der Waals surface area contributed by atoms with Gasteiger partial charge in [0, 0.05) is 36.5 Å². The number of aliphatic hydroxyl groups excluding tert-OH is 1. The van der Waals surface area contributed by atoms with Crippen LogP contribution in [-0.2, 0) is 0 Å². The maximum atomic E-state index is 14.5. The molecule has 2 heterocycles. The zero-order valence-corrected chi connectivity index (χ0v) is 11.9. The monoisotopic (exact) mass is 289 g/mol. The van der Waals surface area contributed by atoms with E-state index in [4.69, 9.17) is 10.8 Å². The molecule has 0 amide bonds. The molecule has 1 fully saturated rings. The lowest BCUT2D eigenvalue weighted by Gasteiger charge is -2.28. The minimum Gasteiger partial charge on any atom is -0.398 e. The van der Waals surface area contributed by atoms with Crippen molar-refractivity contribution in [2.75, 3.05) is 23.8 Å². The number of nitrogens with two attached hydrogens (primary N) is 1. The molecule has 1 aliphatic rings. The molecule has 1 atom stereocenters. The minimum atomic E-state index is -0.311. The number of nitrogens with zero attached hydrogens (tertiary/aromatic N) is 2. The second-order valence-electron chi connectivity index (χ2n) is 5.55. The first-order valence-electron chi connectivity index (χ1n) is 7.42. The lowest BCUT2D eigenvalue weighted by molar-refractivity contribution is 0.279. The summed E-state index contributed by atoms with van der Waals surface area (Å²) >= 11 is 0. The van der Waals surface area contributed by atoms with Gasteiger partial charge in [0.25, 0.3) is 0 Å². The van der Waals surface area contributed by atoms with Crippen LogP contribution in [0.5, 0.6) is 0 Å². The molecule has 0 spiro atoms. The third kappa shape index (κ3) is 2.53. The van der Waals surface area contributed by atoms with E-state index in [2.05, 4.69) is 9.88 Å². The average molecular weight is 289 g/mol. The molecule has 3 rings (SSSR count). The fourth-order valence-corrected chi connectivity index (χ4v) is 3.25. The van der Waals surface area contributed by atoms with Gasteiger partial charge in [0.1, 0.15) is 5.69 Å². The first-order chi connectivity index (χ1) is 10.2. The van der Waals surface area contributed by atoms with Gasteiger partial charge >= 0.3 is 0 Å². The van der Waals surface area contributed by atoms with Crippen molar-refractivity contribution < 1.29 is 9.50 Å². The van der Waals surface area contributed by atoms with E-state index in [1.807, 2.05) is 12.1 Å². The van der Waals surface area contributed by atoms with E-state index in [1.54, 1.807) is 6.20 Å². The van der Waals surface area contributed by atoms with Crippen LogP contribution in [0, 0.1) is 5.82 Å². The predicted octanol–water partition coefficient (Wildman–Crippen LogP) is 2.70. The van der Waals surface area contributed by atoms with Crippen molar-refractivity contribution in [2.24, 2.45) is 0 Å². The van der Waals surface area contributed by atoms with Gasteiger partial charge in [0.05, 0.1) is 5.52 Å². The summed E-state index contributed by atoms with van der Waals surface area (Å²) in [7, 11) is 0. The van der Waals surface area contributed by atoms with Gasteiger partial charge in [-0.15, -0.1) is 0 Å². The summed E-state index contributed by atoms with van der Waals surface area (Å²) in [5.41, 5.74) is 7.52. The van der Waals surface area contributed by atoms with E-state index in [9.17, 15) is 4.39 Å². The molecular formula is C16H20FN3O. The highest BCUT2D eigenvalue weighted by Crippen LogP contribution is 2.37. The second kappa shape index (κ2) is 5.85. The van der Waals surface area contributed by atoms with Gasteiger partial charge in [-0.05, 0) is 43.9 Å². The topological polar surface area (TPSA) is 62.4 Å². The number of rotatable bonds is 4. The molecule has 2 aromatic rings. The summed E-state index contributed by atoms with van der Waals surface area (Å²) in [4.78, 5) is 6.45. The highest BCUT2D eigenvalue weighted by Gasteiger charge is 2.28. The van der Waals surface area contributed by atoms with Crippen LogP contribution in [0.1, 0.15) is 25.7 Å². The van der Waals surface area contributed by atoms with Crippen molar-refractivity contribution in [2.45, 2.75) is 31.7 Å². The molecule has 0 aliphatic carbocycles. The Labute approximate surface area is 123 Å². The largest absolute Gasteiger partial charge is 0.398 e. The number of aromatic nitrogens is 1. The molecule has 5 heteroatoms. The van der Waals surface area contributed by atoms with Crippen molar-refractivity contribution in [3.8, 4) is 0 Å². The smallest absolute Gasteiger partial charge is 0.150 e. The highest BCUT2D eigenvalue weighted by molar-refractivity contribution is 5.99. The molecule has 112 valence electrons. The number of benzene rings is 1. The second-order valence-corrected chi connectivity index (χ2v) is 5.55. The Morgan fingerprint density at radius 3 is 3.14 bits per heavy atom. The summed E-state index contributed by atoms with van der Waals surface area (Å²) < 4.78 is 14.5. The minimum absolute atomic E-state index is 0.174. The third-order valence-electron chi connectivity index (χ3n) is 4.21. The van der Waals surface area contributed by atoms with Gasteiger partial charge in [-0.2, -0.15) is 0 Å². The molecule has 3 N–H and O–H groups in total. The first-order valence-corrected chi connectivity index (χ1v) is 7.42. The molecule has 0 bridgehead atoms. The van der Waals surface area contributed by atoms with Gasteiger partial charge in [-0.1, -0.05) is 0 Å². The number of nitrogen functional groups attached to an aromatic ring is 1. The number of hydrogen-bond acceptors (Lipinski definition) is 4. The number of anilines is 2. The fourth-order valence-electron chi connectivity index (χ4n) is 3.25. The van der Waals surface area contributed by atoms with Crippen LogP contribution in [0.3, 0.4) is 0 Å². The van der Waals surface area contributed by atoms with Gasteiger partial charge in [0.15, 0.2) is 5.82 Å². The number of fused-ring (bicyclic) bond motifs is 1. The Balaban J connectivity index is 2.07. The fraction of sp³-hybridized carbons (Fsp3) is 0.438. The van der Waals surface area contributed by atoms with E-state index in [0.717, 1.165) is 37.6 Å². The Morgan fingerprint density at radius 1 is 1.48 bits per heavy atom. The normalized spacial score (nSPS) is 18.6. The van der Waals surface area contributed by atoms with Crippen LogP contribution in [0.15, 0.2) is 24.4 Å². The Bertz CT molecular complexity index is 647. The van der Waals surface area contributed by atoms with Crippen LogP contribution < -0.4 is 10.6 Å². The van der Waals surface area contributed by atoms with E-state index in [1.165, 1.54) is 6.07 Å². The molecule has 0 saturated carbocycles. The Hall–Kier alpha value is -1.88. The van der Waals surface area contributed by atoms with E-state index in [-0.39, 0.29) is 18.5 Å². The molecule has 1 aliphatic heterocycles. The third-order valence-corrected chi connectivity index (χ3v) is 4.21. The van der Waals surface area contributed by atoms with Crippen LogP contribution in [0.4, 0.5) is 15.8 Å². The highest BCUT2D eigenvalue weighted by atomic mass is 19.1. The average Bonchev–Trinajstić information content (AvgIpc) is 2.93. The van der Waals surface area contributed by atoms with Crippen molar-refractivity contribution in [3.63, 3.8) is 0 Å². The van der Waals surface area contributed by atoms with Gasteiger partial charge < -0.3 is 15.7 Å². The number of aliphatic hydroxyl groups is 1. The molecule has 1 unspecified atom stereocenters. The number of pyridine rings is 1. The van der Waals surface area contributed by atoms with Gasteiger partial charge in [-0.3, -0.25) is 4.98 Å². The molecule has 1 saturated heterocycles. The van der Waals surface area contributed by atoms with Crippen LogP contribution in [-0.4, -0.2) is 29.3 Å². The van der Waals surface area contributed by atoms with Crippen molar-refractivity contribution in [1.29, 1.82) is 0 Å². The number of halogens is 1. The van der Waals surface area contributed by atoms with E-state index in [0.29, 0.717) is 16.9 Å².